The predicted octanol–water partition coefficient (Wildman–Crippen LogP) is 5.31. The van der Waals surface area contributed by atoms with E-state index in [9.17, 15) is 0 Å². The van der Waals surface area contributed by atoms with Gasteiger partial charge in [-0.15, -0.1) is 0 Å². The molecule has 0 N–H and O–H groups in total. The summed E-state index contributed by atoms with van der Waals surface area (Å²) in [5, 5.41) is 2.55. The molecule has 158 valence electrons. The average molecular weight is 433 g/mol. The molecule has 0 unspecified atom stereocenters. The third-order valence-corrected chi connectivity index (χ3v) is 7.54. The number of hydrogen-bond donors (Lipinski definition) is 0. The Morgan fingerprint density at radius 1 is 0.588 bits per heavy atom. The van der Waals surface area contributed by atoms with Crippen LogP contribution >= 0.6 is 0 Å². The molecule has 34 heavy (non-hydrogen) atoms. The van der Waals surface area contributed by atoms with Gasteiger partial charge in [-0.3, -0.25) is 0 Å². The highest BCUT2D eigenvalue weighted by molar-refractivity contribution is 6.97. The van der Waals surface area contributed by atoms with Crippen molar-refractivity contribution in [2.24, 2.45) is 0 Å². The van der Waals surface area contributed by atoms with Gasteiger partial charge in [-0.1, -0.05) is 84.3 Å². The van der Waals surface area contributed by atoms with E-state index in [2.05, 4.69) is 114 Å². The Bertz CT molecular complexity index is 1660. The third-order valence-electron chi connectivity index (χ3n) is 7.54. The molecule has 6 aromatic rings. The van der Waals surface area contributed by atoms with E-state index in [1.807, 2.05) is 0 Å². The summed E-state index contributed by atoms with van der Waals surface area (Å²) in [6.07, 6.45) is 0.922. The Hall–Kier alpha value is -4.24. The molecule has 0 radical (unpaired) electrons. The topological polar surface area (TPSA) is 14.2 Å². The van der Waals surface area contributed by atoms with Gasteiger partial charge in [0.15, 0.2) is 0 Å². The van der Waals surface area contributed by atoms with Crippen LogP contribution in [-0.2, 0) is 6.42 Å². The number of rotatable bonds is 1. The first-order chi connectivity index (χ1) is 16.9. The molecule has 2 aliphatic rings. The van der Waals surface area contributed by atoms with E-state index >= 15 is 0 Å². The number of benzene rings is 5. The molecule has 0 fully saturated rings. The maximum absolute atomic E-state index is 6.59. The van der Waals surface area contributed by atoms with Gasteiger partial charge >= 0.3 is 0 Å². The summed E-state index contributed by atoms with van der Waals surface area (Å²) in [6.45, 7) is 0.215. The molecule has 2 aliphatic heterocycles. The van der Waals surface area contributed by atoms with E-state index in [0.29, 0.717) is 0 Å². The van der Waals surface area contributed by atoms with Crippen LogP contribution in [0.1, 0.15) is 11.1 Å². The number of ether oxygens (including phenoxy) is 1. The highest BCUT2D eigenvalue weighted by atomic mass is 16.5. The molecule has 3 heteroatoms. The molecule has 0 atom stereocenters. The number of fused-ring (bicyclic) bond motifs is 7. The quantitative estimate of drug-likeness (QED) is 0.320. The SMILES string of the molecule is c1ccc2c(c1)Cc1cc(-n3c4ccccc4c4ccccc43)cc3c1B2c1ccccc1O3. The van der Waals surface area contributed by atoms with Gasteiger partial charge in [-0.05, 0) is 52.7 Å². The molecule has 0 aliphatic carbocycles. The maximum Gasteiger partial charge on any atom is 0.251 e. The van der Waals surface area contributed by atoms with E-state index < -0.39 is 0 Å². The number of nitrogens with zero attached hydrogens (tertiary/aromatic N) is 1. The lowest BCUT2D eigenvalue weighted by Gasteiger charge is -2.34. The minimum atomic E-state index is 0.215. The Kier molecular flexibility index (Phi) is 3.56. The van der Waals surface area contributed by atoms with Crippen LogP contribution in [0.5, 0.6) is 11.5 Å². The number of aromatic nitrogens is 1. The lowest BCUT2D eigenvalue weighted by molar-refractivity contribution is 0.486. The van der Waals surface area contributed by atoms with Crippen molar-refractivity contribution in [2.75, 3.05) is 0 Å². The summed E-state index contributed by atoms with van der Waals surface area (Å²) < 4.78 is 8.98. The van der Waals surface area contributed by atoms with E-state index in [1.54, 1.807) is 0 Å². The Morgan fingerprint density at radius 2 is 1.24 bits per heavy atom. The van der Waals surface area contributed by atoms with Crippen molar-refractivity contribution in [3.63, 3.8) is 0 Å². The summed E-state index contributed by atoms with van der Waals surface area (Å²) >= 11 is 0. The summed E-state index contributed by atoms with van der Waals surface area (Å²) in [5.41, 5.74) is 10.3. The zero-order valence-electron chi connectivity index (χ0n) is 18.5. The van der Waals surface area contributed by atoms with Gasteiger partial charge in [0.05, 0.1) is 16.7 Å². The first-order valence-electron chi connectivity index (χ1n) is 11.9. The second-order valence-corrected chi connectivity index (χ2v) is 9.33. The van der Waals surface area contributed by atoms with Crippen molar-refractivity contribution in [1.29, 1.82) is 0 Å². The fourth-order valence-corrected chi connectivity index (χ4v) is 6.15. The second-order valence-electron chi connectivity index (χ2n) is 9.33. The van der Waals surface area contributed by atoms with Gasteiger partial charge < -0.3 is 9.30 Å². The summed E-state index contributed by atoms with van der Waals surface area (Å²) in [7, 11) is 0. The van der Waals surface area contributed by atoms with Crippen LogP contribution in [0.4, 0.5) is 0 Å². The van der Waals surface area contributed by atoms with E-state index in [4.69, 9.17) is 4.74 Å². The van der Waals surface area contributed by atoms with Crippen molar-refractivity contribution in [2.45, 2.75) is 6.42 Å². The van der Waals surface area contributed by atoms with Crippen molar-refractivity contribution in [3.05, 3.63) is 120 Å². The first kappa shape index (κ1) is 18.2. The van der Waals surface area contributed by atoms with Crippen LogP contribution in [0.3, 0.4) is 0 Å². The molecule has 2 nitrogen and oxygen atoms in total. The van der Waals surface area contributed by atoms with Crippen LogP contribution < -0.4 is 21.1 Å². The van der Waals surface area contributed by atoms with Gasteiger partial charge in [0.25, 0.3) is 6.71 Å². The van der Waals surface area contributed by atoms with Crippen LogP contribution in [0.15, 0.2) is 109 Å². The van der Waals surface area contributed by atoms with Gasteiger partial charge in [0.1, 0.15) is 11.5 Å². The molecule has 0 spiro atoms. The third kappa shape index (κ3) is 2.36. The molecule has 0 bridgehead atoms. The predicted molar refractivity (Wildman–Crippen MR) is 141 cm³/mol. The normalized spacial score (nSPS) is 13.4. The Balaban J connectivity index is 1.45. The van der Waals surface area contributed by atoms with Crippen molar-refractivity contribution < 1.29 is 4.74 Å². The Labute approximate surface area is 198 Å². The number of hydrogen-bond acceptors (Lipinski definition) is 1. The van der Waals surface area contributed by atoms with E-state index in [0.717, 1.165) is 23.6 Å². The molecule has 0 amide bonds. The Morgan fingerprint density at radius 3 is 2.03 bits per heavy atom. The minimum Gasteiger partial charge on any atom is -0.458 e. The van der Waals surface area contributed by atoms with Crippen molar-refractivity contribution in [3.8, 4) is 17.2 Å². The summed E-state index contributed by atoms with van der Waals surface area (Å²) in [6, 6.07) is 39.4. The summed E-state index contributed by atoms with van der Waals surface area (Å²) in [5.74, 6) is 1.94. The fourth-order valence-electron chi connectivity index (χ4n) is 6.15. The zero-order valence-corrected chi connectivity index (χ0v) is 18.5. The smallest absolute Gasteiger partial charge is 0.251 e. The number of para-hydroxylation sites is 3. The van der Waals surface area contributed by atoms with Crippen molar-refractivity contribution in [1.82, 2.24) is 4.57 Å². The van der Waals surface area contributed by atoms with Crippen molar-refractivity contribution >= 4 is 44.9 Å². The highest BCUT2D eigenvalue weighted by Crippen LogP contribution is 2.36. The molecule has 0 saturated carbocycles. The molecule has 3 heterocycles. The highest BCUT2D eigenvalue weighted by Gasteiger charge is 2.38. The van der Waals surface area contributed by atoms with Crippen LogP contribution in [-0.4, -0.2) is 11.3 Å². The van der Waals surface area contributed by atoms with Gasteiger partial charge in [-0.25, -0.2) is 0 Å². The molecule has 5 aromatic carbocycles. The average Bonchev–Trinajstić information content (AvgIpc) is 3.23. The van der Waals surface area contributed by atoms with E-state index in [-0.39, 0.29) is 6.71 Å². The monoisotopic (exact) mass is 433 g/mol. The van der Waals surface area contributed by atoms with Gasteiger partial charge in [0.2, 0.25) is 0 Å². The van der Waals surface area contributed by atoms with Gasteiger partial charge in [0, 0.05) is 16.8 Å². The largest absolute Gasteiger partial charge is 0.458 e. The lowest BCUT2D eigenvalue weighted by atomic mass is 9.32. The fraction of sp³-hybridized carbons (Fsp3) is 0.0323. The maximum atomic E-state index is 6.59. The molecular formula is C31H20BNO. The van der Waals surface area contributed by atoms with Crippen LogP contribution in [0, 0.1) is 0 Å². The van der Waals surface area contributed by atoms with E-state index in [1.165, 1.54) is 49.3 Å². The van der Waals surface area contributed by atoms with Crippen LogP contribution in [0.25, 0.3) is 27.5 Å². The molecule has 1 aromatic heterocycles. The zero-order chi connectivity index (χ0) is 22.2. The standard InChI is InChI=1S/C31H20BNO/c1-4-12-25-20(9-1)17-21-18-22(19-30-31(21)32(25)26-13-5-8-16-29(26)34-30)33-27-14-6-2-10-23(27)24-11-3-7-15-28(24)33/h1-16,18-19H,17H2. The lowest BCUT2D eigenvalue weighted by Crippen LogP contribution is -2.59. The van der Waals surface area contributed by atoms with Crippen LogP contribution in [0.2, 0.25) is 0 Å². The molecule has 8 rings (SSSR count). The van der Waals surface area contributed by atoms with Gasteiger partial charge in [-0.2, -0.15) is 0 Å². The first-order valence-corrected chi connectivity index (χ1v) is 11.9. The minimum absolute atomic E-state index is 0.215. The molecule has 0 saturated heterocycles. The molecular weight excluding hydrogens is 413 g/mol. The summed E-state index contributed by atoms with van der Waals surface area (Å²) in [4.78, 5) is 0. The second kappa shape index (κ2) is 6.65.